The highest BCUT2D eigenvalue weighted by molar-refractivity contribution is 8.00. The van der Waals surface area contributed by atoms with E-state index in [9.17, 15) is 30.7 Å². The molecule has 0 bridgehead atoms. The minimum atomic E-state index is -4.62. The molecule has 0 fully saturated rings. The van der Waals surface area contributed by atoms with Gasteiger partial charge in [0.25, 0.3) is 6.43 Å². The van der Waals surface area contributed by atoms with Crippen LogP contribution in [0.1, 0.15) is 23.1 Å². The van der Waals surface area contributed by atoms with Crippen LogP contribution in [0.2, 0.25) is 0 Å². The summed E-state index contributed by atoms with van der Waals surface area (Å²) in [5.74, 6) is -6.56. The molecule has 0 aliphatic carbocycles. The van der Waals surface area contributed by atoms with Crippen LogP contribution in [0.5, 0.6) is 11.5 Å². The normalized spacial score (nSPS) is 17.0. The average molecular weight is 393 g/mol. The van der Waals surface area contributed by atoms with E-state index in [4.69, 9.17) is 10.00 Å². The molecule has 0 unspecified atom stereocenters. The largest absolute Gasteiger partial charge is 0.457 e. The van der Waals surface area contributed by atoms with Crippen LogP contribution in [0.15, 0.2) is 35.2 Å². The van der Waals surface area contributed by atoms with Gasteiger partial charge >= 0.3 is 11.2 Å². The Labute approximate surface area is 146 Å². The Morgan fingerprint density at radius 2 is 1.77 bits per heavy atom. The van der Waals surface area contributed by atoms with Crippen LogP contribution in [0.4, 0.5) is 30.7 Å². The number of thioether (sulfide) groups is 1. The van der Waals surface area contributed by atoms with Crippen molar-refractivity contribution in [2.45, 2.75) is 22.5 Å². The molecule has 0 saturated carbocycles. The molecular formula is C16H6F7NOS. The zero-order valence-electron chi connectivity index (χ0n) is 12.4. The SMILES string of the molecule is N#Cc1cc(F)cc(Oc2ccc3c(c2C(F)F)SC(F)(F)C3(F)F)c1. The molecule has 1 aliphatic heterocycles. The van der Waals surface area contributed by atoms with Gasteiger partial charge in [0.1, 0.15) is 17.3 Å². The fourth-order valence-corrected chi connectivity index (χ4v) is 3.50. The quantitative estimate of drug-likeness (QED) is 0.581. The maximum atomic E-state index is 13.7. The predicted molar refractivity (Wildman–Crippen MR) is 77.3 cm³/mol. The van der Waals surface area contributed by atoms with Crippen LogP contribution in [-0.4, -0.2) is 5.25 Å². The lowest BCUT2D eigenvalue weighted by Crippen LogP contribution is -2.29. The van der Waals surface area contributed by atoms with E-state index in [1.165, 1.54) is 0 Å². The Balaban J connectivity index is 2.12. The van der Waals surface area contributed by atoms with E-state index in [1.807, 2.05) is 0 Å². The maximum Gasteiger partial charge on any atom is 0.364 e. The van der Waals surface area contributed by atoms with E-state index in [0.717, 1.165) is 18.2 Å². The Morgan fingerprint density at radius 3 is 2.38 bits per heavy atom. The van der Waals surface area contributed by atoms with E-state index in [1.54, 1.807) is 6.07 Å². The third-order valence-corrected chi connectivity index (χ3v) is 4.69. The van der Waals surface area contributed by atoms with E-state index in [2.05, 4.69) is 0 Å². The van der Waals surface area contributed by atoms with Crippen molar-refractivity contribution in [3.05, 3.63) is 52.8 Å². The van der Waals surface area contributed by atoms with Crippen molar-refractivity contribution >= 4 is 11.8 Å². The smallest absolute Gasteiger partial charge is 0.364 e. The lowest BCUT2D eigenvalue weighted by atomic mass is 10.0. The van der Waals surface area contributed by atoms with Crippen molar-refractivity contribution in [1.82, 2.24) is 0 Å². The number of alkyl halides is 6. The van der Waals surface area contributed by atoms with Gasteiger partial charge in [-0.15, -0.1) is 0 Å². The van der Waals surface area contributed by atoms with Crippen molar-refractivity contribution in [3.63, 3.8) is 0 Å². The standard InChI is InChI=1S/C16H6F7NOS/c17-8-3-7(6-24)4-9(5-8)25-11-2-1-10-13(12(11)14(18)19)26-16(22,23)15(10,20)21/h1-5,14H. The van der Waals surface area contributed by atoms with E-state index in [0.29, 0.717) is 12.1 Å². The second-order valence-electron chi connectivity index (χ2n) is 5.24. The summed E-state index contributed by atoms with van der Waals surface area (Å²) >= 11 is -0.679. The molecule has 0 radical (unpaired) electrons. The zero-order chi connectivity index (χ0) is 19.3. The van der Waals surface area contributed by atoms with Gasteiger partial charge in [0.2, 0.25) is 0 Å². The maximum absolute atomic E-state index is 13.7. The molecule has 0 aromatic heterocycles. The van der Waals surface area contributed by atoms with Crippen LogP contribution < -0.4 is 4.74 Å². The monoisotopic (exact) mass is 393 g/mol. The Morgan fingerprint density at radius 1 is 1.08 bits per heavy atom. The molecule has 2 aromatic rings. The molecule has 10 heteroatoms. The number of halogens is 7. The molecule has 26 heavy (non-hydrogen) atoms. The van der Waals surface area contributed by atoms with Gasteiger partial charge in [0.15, 0.2) is 0 Å². The predicted octanol–water partition coefficient (Wildman–Crippen LogP) is 6.22. The van der Waals surface area contributed by atoms with Gasteiger partial charge in [0, 0.05) is 16.5 Å². The van der Waals surface area contributed by atoms with Gasteiger partial charge in [-0.1, -0.05) is 0 Å². The summed E-state index contributed by atoms with van der Waals surface area (Å²) in [7, 11) is 0. The van der Waals surface area contributed by atoms with Crippen molar-refractivity contribution in [3.8, 4) is 17.6 Å². The minimum absolute atomic E-state index is 0.174. The van der Waals surface area contributed by atoms with Gasteiger partial charge in [0.05, 0.1) is 17.2 Å². The summed E-state index contributed by atoms with van der Waals surface area (Å²) in [5, 5.41) is 4.18. The third kappa shape index (κ3) is 2.86. The molecule has 3 rings (SSSR count). The zero-order valence-corrected chi connectivity index (χ0v) is 13.2. The first-order valence-electron chi connectivity index (χ1n) is 6.85. The number of ether oxygens (including phenoxy) is 1. The molecule has 1 aliphatic rings. The summed E-state index contributed by atoms with van der Waals surface area (Å²) in [6.45, 7) is 0. The first kappa shape index (κ1) is 18.4. The van der Waals surface area contributed by atoms with Gasteiger partial charge in [-0.05, 0) is 36.0 Å². The Hall–Kier alpha value is -2.41. The Bertz CT molecular complexity index is 924. The Kier molecular flexibility index (Phi) is 4.30. The fraction of sp³-hybridized carbons (Fsp3) is 0.188. The van der Waals surface area contributed by atoms with Crippen molar-refractivity contribution in [2.24, 2.45) is 0 Å². The molecule has 2 aromatic carbocycles. The van der Waals surface area contributed by atoms with Crippen LogP contribution in [0, 0.1) is 17.1 Å². The first-order chi connectivity index (χ1) is 12.1. The highest BCUT2D eigenvalue weighted by Crippen LogP contribution is 2.63. The summed E-state index contributed by atoms with van der Waals surface area (Å²) in [6, 6.07) is 5.54. The van der Waals surface area contributed by atoms with Crippen LogP contribution in [0.3, 0.4) is 0 Å². The second-order valence-corrected chi connectivity index (χ2v) is 6.36. The van der Waals surface area contributed by atoms with Gasteiger partial charge < -0.3 is 4.74 Å². The lowest BCUT2D eigenvalue weighted by Gasteiger charge is -2.17. The minimum Gasteiger partial charge on any atom is -0.457 e. The number of rotatable bonds is 3. The van der Waals surface area contributed by atoms with Gasteiger partial charge in [-0.25, -0.2) is 13.2 Å². The average Bonchev–Trinajstić information content (AvgIpc) is 2.71. The second kappa shape index (κ2) is 6.09. The molecule has 1 heterocycles. The van der Waals surface area contributed by atoms with Gasteiger partial charge in [-0.2, -0.15) is 22.8 Å². The van der Waals surface area contributed by atoms with Crippen LogP contribution >= 0.6 is 11.8 Å². The first-order valence-corrected chi connectivity index (χ1v) is 7.67. The molecule has 0 saturated heterocycles. The van der Waals surface area contributed by atoms with Crippen molar-refractivity contribution in [2.75, 3.05) is 0 Å². The number of nitrogens with zero attached hydrogens (tertiary/aromatic N) is 1. The lowest BCUT2D eigenvalue weighted by molar-refractivity contribution is -0.154. The van der Waals surface area contributed by atoms with E-state index in [-0.39, 0.29) is 11.3 Å². The molecule has 0 spiro atoms. The van der Waals surface area contributed by atoms with Crippen LogP contribution in [-0.2, 0) is 5.92 Å². The number of hydrogen-bond donors (Lipinski definition) is 0. The van der Waals surface area contributed by atoms with Gasteiger partial charge in [-0.3, -0.25) is 0 Å². The number of hydrogen-bond acceptors (Lipinski definition) is 3. The number of benzene rings is 2. The van der Waals surface area contributed by atoms with Crippen molar-refractivity contribution in [1.29, 1.82) is 5.26 Å². The van der Waals surface area contributed by atoms with Crippen LogP contribution in [0.25, 0.3) is 0 Å². The summed E-state index contributed by atoms with van der Waals surface area (Å²) in [6.07, 6.45) is -3.40. The highest BCUT2D eigenvalue weighted by atomic mass is 32.2. The summed E-state index contributed by atoms with van der Waals surface area (Å²) < 4.78 is 99.8. The number of nitriles is 1. The third-order valence-electron chi connectivity index (χ3n) is 3.54. The van der Waals surface area contributed by atoms with E-state index < -0.39 is 57.0 Å². The highest BCUT2D eigenvalue weighted by Gasteiger charge is 2.65. The molecular weight excluding hydrogens is 387 g/mol. The topological polar surface area (TPSA) is 33.0 Å². The summed E-state index contributed by atoms with van der Waals surface area (Å²) in [5.41, 5.74) is -2.55. The molecule has 0 atom stereocenters. The number of fused-ring (bicyclic) bond motifs is 1. The summed E-state index contributed by atoms with van der Waals surface area (Å²) in [4.78, 5) is -0.982. The molecule has 0 amide bonds. The van der Waals surface area contributed by atoms with E-state index >= 15 is 0 Å². The molecule has 2 nitrogen and oxygen atoms in total. The molecule has 136 valence electrons. The fourth-order valence-electron chi connectivity index (χ4n) is 2.40. The molecule has 0 N–H and O–H groups in total. The van der Waals surface area contributed by atoms with Crippen molar-refractivity contribution < 1.29 is 35.5 Å².